The van der Waals surface area contributed by atoms with Gasteiger partial charge in [0.05, 0.1) is 12.5 Å². The molecule has 23 heavy (non-hydrogen) atoms. The molecule has 4 rings (SSSR count). The summed E-state index contributed by atoms with van der Waals surface area (Å²) in [6.07, 6.45) is 5.30. The quantitative estimate of drug-likeness (QED) is 0.540. The summed E-state index contributed by atoms with van der Waals surface area (Å²) in [5.41, 5.74) is 5.06. The third-order valence-corrected chi connectivity index (χ3v) is 5.26. The summed E-state index contributed by atoms with van der Waals surface area (Å²) in [5.74, 6) is 1.48. The molecule has 0 unspecified atom stereocenters. The number of nitrogens with zero attached hydrogens (tertiary/aromatic N) is 3. The summed E-state index contributed by atoms with van der Waals surface area (Å²) >= 11 is 1.73. The van der Waals surface area contributed by atoms with Crippen LogP contribution in [0.4, 0.5) is 0 Å². The zero-order valence-electron chi connectivity index (χ0n) is 13.0. The molecule has 2 aromatic heterocycles. The molecule has 4 nitrogen and oxygen atoms in total. The van der Waals surface area contributed by atoms with Gasteiger partial charge in [-0.2, -0.15) is 4.98 Å². The Labute approximate surface area is 139 Å². The van der Waals surface area contributed by atoms with Gasteiger partial charge in [0.1, 0.15) is 11.4 Å². The molecule has 0 saturated carbocycles. The topological polar surface area (TPSA) is 47.9 Å². The van der Waals surface area contributed by atoms with Gasteiger partial charge in [0.15, 0.2) is 5.65 Å². The number of aryl methyl sites for hydroxylation is 2. The van der Waals surface area contributed by atoms with Crippen molar-refractivity contribution in [2.75, 3.05) is 7.11 Å². The molecule has 0 N–H and O–H groups in total. The lowest BCUT2D eigenvalue weighted by Gasteiger charge is -2.07. The van der Waals surface area contributed by atoms with Crippen LogP contribution in [0.15, 0.2) is 41.7 Å². The molecule has 0 fully saturated rings. The Kier molecular flexibility index (Phi) is 3.87. The molecule has 1 aliphatic carbocycles. The second-order valence-corrected chi connectivity index (χ2v) is 6.61. The molecule has 116 valence electrons. The van der Waals surface area contributed by atoms with Gasteiger partial charge in [0, 0.05) is 11.8 Å². The number of hydrogen-bond donors (Lipinski definition) is 0. The Hall–Kier alpha value is -2.14. The minimum atomic E-state index is 0.575. The van der Waals surface area contributed by atoms with Crippen LogP contribution in [0.25, 0.3) is 11.0 Å². The lowest BCUT2D eigenvalue weighted by molar-refractivity contribution is 0.399. The van der Waals surface area contributed by atoms with Crippen molar-refractivity contribution in [2.45, 2.75) is 30.0 Å². The molecule has 0 amide bonds. The SMILES string of the molecule is COc1ccc2c(SCc3ccc4c(c3)CCC4)ncnc2n1. The van der Waals surface area contributed by atoms with E-state index in [9.17, 15) is 0 Å². The smallest absolute Gasteiger partial charge is 0.215 e. The highest BCUT2D eigenvalue weighted by Crippen LogP contribution is 2.29. The van der Waals surface area contributed by atoms with Gasteiger partial charge in [-0.1, -0.05) is 18.2 Å². The van der Waals surface area contributed by atoms with Crippen LogP contribution >= 0.6 is 11.8 Å². The summed E-state index contributed by atoms with van der Waals surface area (Å²) in [4.78, 5) is 13.0. The molecule has 1 aliphatic rings. The number of thioether (sulfide) groups is 1. The van der Waals surface area contributed by atoms with Crippen LogP contribution < -0.4 is 4.74 Å². The molecule has 5 heteroatoms. The van der Waals surface area contributed by atoms with Gasteiger partial charge in [-0.05, 0) is 42.0 Å². The van der Waals surface area contributed by atoms with Gasteiger partial charge in [-0.25, -0.2) is 9.97 Å². The van der Waals surface area contributed by atoms with Crippen LogP contribution in [-0.4, -0.2) is 22.1 Å². The molecule has 0 atom stereocenters. The fourth-order valence-corrected chi connectivity index (χ4v) is 3.92. The van der Waals surface area contributed by atoms with Gasteiger partial charge in [0.25, 0.3) is 0 Å². The molecule has 3 aromatic rings. The van der Waals surface area contributed by atoms with Gasteiger partial charge in [0.2, 0.25) is 5.88 Å². The van der Waals surface area contributed by atoms with Crippen LogP contribution in [0.2, 0.25) is 0 Å². The summed E-state index contributed by atoms with van der Waals surface area (Å²) in [6, 6.07) is 10.7. The van der Waals surface area contributed by atoms with E-state index in [0.29, 0.717) is 11.5 Å². The predicted molar refractivity (Wildman–Crippen MR) is 91.9 cm³/mol. The van der Waals surface area contributed by atoms with Crippen molar-refractivity contribution < 1.29 is 4.74 Å². The second kappa shape index (κ2) is 6.16. The van der Waals surface area contributed by atoms with Crippen molar-refractivity contribution in [3.05, 3.63) is 53.3 Å². The van der Waals surface area contributed by atoms with Crippen LogP contribution in [0, 0.1) is 0 Å². The van der Waals surface area contributed by atoms with Crippen molar-refractivity contribution >= 4 is 22.8 Å². The molecular weight excluding hydrogens is 306 g/mol. The largest absolute Gasteiger partial charge is 0.481 e. The number of ether oxygens (including phenoxy) is 1. The van der Waals surface area contributed by atoms with E-state index >= 15 is 0 Å². The monoisotopic (exact) mass is 323 g/mol. The third-order valence-electron chi connectivity index (χ3n) is 4.18. The van der Waals surface area contributed by atoms with Gasteiger partial charge < -0.3 is 4.74 Å². The van der Waals surface area contributed by atoms with Crippen molar-refractivity contribution in [3.8, 4) is 5.88 Å². The average Bonchev–Trinajstić information content (AvgIpc) is 3.07. The highest BCUT2D eigenvalue weighted by molar-refractivity contribution is 7.98. The molecule has 0 saturated heterocycles. The van der Waals surface area contributed by atoms with Crippen molar-refractivity contribution in [3.63, 3.8) is 0 Å². The Morgan fingerprint density at radius 3 is 2.91 bits per heavy atom. The first-order valence-corrected chi connectivity index (χ1v) is 8.71. The Morgan fingerprint density at radius 1 is 1.09 bits per heavy atom. The first-order valence-electron chi connectivity index (χ1n) is 7.73. The maximum absolute atomic E-state index is 5.16. The molecule has 0 spiro atoms. The Balaban J connectivity index is 1.58. The van der Waals surface area contributed by atoms with Crippen molar-refractivity contribution in [1.29, 1.82) is 0 Å². The highest BCUT2D eigenvalue weighted by atomic mass is 32.2. The van der Waals surface area contributed by atoms with E-state index in [1.807, 2.05) is 12.1 Å². The second-order valence-electron chi connectivity index (χ2n) is 5.65. The number of aromatic nitrogens is 3. The number of hydrogen-bond acceptors (Lipinski definition) is 5. The average molecular weight is 323 g/mol. The summed E-state index contributed by atoms with van der Waals surface area (Å²) < 4.78 is 5.16. The molecule has 0 bridgehead atoms. The molecule has 0 aliphatic heterocycles. The van der Waals surface area contributed by atoms with Crippen molar-refractivity contribution in [1.82, 2.24) is 15.0 Å². The van der Waals surface area contributed by atoms with E-state index < -0.39 is 0 Å². The fourth-order valence-electron chi connectivity index (χ4n) is 3.00. The van der Waals surface area contributed by atoms with Gasteiger partial charge in [-0.3, -0.25) is 0 Å². The maximum Gasteiger partial charge on any atom is 0.215 e. The number of benzene rings is 1. The lowest BCUT2D eigenvalue weighted by Crippen LogP contribution is -1.93. The minimum Gasteiger partial charge on any atom is -0.481 e. The number of fused-ring (bicyclic) bond motifs is 2. The molecule has 2 heterocycles. The van der Waals surface area contributed by atoms with E-state index in [0.717, 1.165) is 16.2 Å². The highest BCUT2D eigenvalue weighted by Gasteiger charge is 2.12. The molecule has 1 aromatic carbocycles. The lowest BCUT2D eigenvalue weighted by atomic mass is 10.1. The van der Waals surface area contributed by atoms with E-state index in [1.165, 1.54) is 36.0 Å². The van der Waals surface area contributed by atoms with Crippen LogP contribution in [0.3, 0.4) is 0 Å². The summed E-state index contributed by atoms with van der Waals surface area (Å²) in [6.45, 7) is 0. The number of pyridine rings is 1. The summed E-state index contributed by atoms with van der Waals surface area (Å²) in [7, 11) is 1.61. The van der Waals surface area contributed by atoms with Crippen molar-refractivity contribution in [2.24, 2.45) is 0 Å². The maximum atomic E-state index is 5.16. The van der Waals surface area contributed by atoms with E-state index in [2.05, 4.69) is 33.2 Å². The van der Waals surface area contributed by atoms with Crippen LogP contribution in [-0.2, 0) is 18.6 Å². The Morgan fingerprint density at radius 2 is 2.00 bits per heavy atom. The first kappa shape index (κ1) is 14.5. The van der Waals surface area contributed by atoms with E-state index in [-0.39, 0.29) is 0 Å². The van der Waals surface area contributed by atoms with Gasteiger partial charge in [-0.15, -0.1) is 11.8 Å². The predicted octanol–water partition coefficient (Wildman–Crippen LogP) is 3.81. The van der Waals surface area contributed by atoms with Crippen LogP contribution in [0.5, 0.6) is 5.88 Å². The van der Waals surface area contributed by atoms with Gasteiger partial charge >= 0.3 is 0 Å². The molecule has 0 radical (unpaired) electrons. The third kappa shape index (κ3) is 2.88. The van der Waals surface area contributed by atoms with E-state index in [4.69, 9.17) is 4.74 Å². The molecular formula is C18H17N3OS. The fraction of sp³-hybridized carbons (Fsp3) is 0.278. The van der Waals surface area contributed by atoms with Crippen LogP contribution in [0.1, 0.15) is 23.1 Å². The zero-order valence-corrected chi connectivity index (χ0v) is 13.8. The number of methoxy groups -OCH3 is 1. The number of rotatable bonds is 4. The summed E-state index contributed by atoms with van der Waals surface area (Å²) in [5, 5.41) is 1.94. The standard InChI is InChI=1S/C18H17N3OS/c1-22-16-8-7-15-17(21-16)19-11-20-18(15)23-10-12-5-6-13-3-2-4-14(13)9-12/h5-9,11H,2-4,10H2,1H3. The first-order chi connectivity index (χ1) is 11.3. The Bertz CT molecular complexity index is 866. The normalized spacial score (nSPS) is 13.3. The minimum absolute atomic E-state index is 0.575. The zero-order chi connectivity index (χ0) is 15.6. The van der Waals surface area contributed by atoms with E-state index in [1.54, 1.807) is 25.2 Å².